The molecule has 2 aromatic heterocycles. The molecule has 5 nitrogen and oxygen atoms in total. The lowest BCUT2D eigenvalue weighted by Gasteiger charge is -2.03. The van der Waals surface area contributed by atoms with E-state index in [0.29, 0.717) is 4.88 Å². The van der Waals surface area contributed by atoms with Crippen molar-refractivity contribution in [2.75, 3.05) is 0 Å². The zero-order chi connectivity index (χ0) is 13.1. The third kappa shape index (κ3) is 3.01. The molecule has 0 radical (unpaired) electrons. The highest BCUT2D eigenvalue weighted by Crippen LogP contribution is 2.32. The van der Waals surface area contributed by atoms with Gasteiger partial charge in [-0.15, -0.1) is 11.3 Å². The second kappa shape index (κ2) is 5.68. The number of nitrogens with one attached hydrogen (secondary N) is 2. The molecular weight excluding hydrogens is 388 g/mol. The Balaban J connectivity index is 1.94. The van der Waals surface area contributed by atoms with Gasteiger partial charge in [-0.25, -0.2) is 0 Å². The Bertz CT molecular complexity index is 560. The van der Waals surface area contributed by atoms with Crippen LogP contribution in [0, 0.1) is 0 Å². The van der Waals surface area contributed by atoms with E-state index in [4.69, 9.17) is 4.42 Å². The molecule has 0 aromatic carbocycles. The first-order valence-electron chi connectivity index (χ1n) is 4.67. The molecule has 0 fully saturated rings. The topological polar surface area (TPSA) is 71.3 Å². The van der Waals surface area contributed by atoms with Gasteiger partial charge in [-0.2, -0.15) is 0 Å². The highest BCUT2D eigenvalue weighted by Gasteiger charge is 2.14. The summed E-state index contributed by atoms with van der Waals surface area (Å²) in [5, 5.41) is 0. The largest absolute Gasteiger partial charge is 0.459 e. The number of amides is 2. The Kier molecular flexibility index (Phi) is 4.20. The Morgan fingerprint density at radius 2 is 1.94 bits per heavy atom. The summed E-state index contributed by atoms with van der Waals surface area (Å²) in [5.74, 6) is -0.779. The molecule has 2 N–H and O–H groups in total. The number of halogens is 2. The van der Waals surface area contributed by atoms with E-state index in [9.17, 15) is 9.59 Å². The molecule has 0 atom stereocenters. The van der Waals surface area contributed by atoms with E-state index in [1.54, 1.807) is 12.1 Å². The van der Waals surface area contributed by atoms with Gasteiger partial charge in [0.05, 0.1) is 14.9 Å². The summed E-state index contributed by atoms with van der Waals surface area (Å²) in [5.41, 5.74) is 4.55. The van der Waals surface area contributed by atoms with E-state index in [1.165, 1.54) is 23.7 Å². The molecule has 0 unspecified atom stereocenters. The fourth-order valence-corrected chi connectivity index (χ4v) is 3.03. The molecule has 0 spiro atoms. The second-order valence-electron chi connectivity index (χ2n) is 3.12. The number of rotatable bonds is 2. The lowest BCUT2D eigenvalue weighted by atomic mass is 10.4. The van der Waals surface area contributed by atoms with Gasteiger partial charge in [0.2, 0.25) is 0 Å². The SMILES string of the molecule is O=C(NNC(=O)c1cc(Br)c(Br)s1)c1ccco1. The number of hydrogen-bond donors (Lipinski definition) is 2. The summed E-state index contributed by atoms with van der Waals surface area (Å²) < 4.78 is 6.48. The molecular formula is C10H6Br2N2O3S. The molecule has 2 heterocycles. The van der Waals surface area contributed by atoms with Crippen molar-refractivity contribution in [3.05, 3.63) is 43.4 Å². The predicted octanol–water partition coefficient (Wildman–Crippen LogP) is 2.94. The van der Waals surface area contributed by atoms with Crippen LogP contribution >= 0.6 is 43.2 Å². The van der Waals surface area contributed by atoms with Crippen LogP contribution in [0.25, 0.3) is 0 Å². The van der Waals surface area contributed by atoms with Gasteiger partial charge < -0.3 is 4.42 Å². The zero-order valence-electron chi connectivity index (χ0n) is 8.70. The van der Waals surface area contributed by atoms with Crippen LogP contribution in [0.4, 0.5) is 0 Å². The van der Waals surface area contributed by atoms with E-state index < -0.39 is 11.8 Å². The maximum Gasteiger partial charge on any atom is 0.305 e. The molecule has 2 aromatic rings. The number of carbonyl (C=O) groups excluding carboxylic acids is 2. The Hall–Kier alpha value is -1.12. The van der Waals surface area contributed by atoms with Gasteiger partial charge in [-0.3, -0.25) is 20.4 Å². The number of hydrogen-bond acceptors (Lipinski definition) is 4. The molecule has 0 aliphatic carbocycles. The average molecular weight is 394 g/mol. The van der Waals surface area contributed by atoms with E-state index >= 15 is 0 Å². The van der Waals surface area contributed by atoms with Crippen LogP contribution in [-0.4, -0.2) is 11.8 Å². The monoisotopic (exact) mass is 392 g/mol. The van der Waals surface area contributed by atoms with Crippen LogP contribution in [0.3, 0.4) is 0 Å². The first kappa shape index (κ1) is 13.3. The van der Waals surface area contributed by atoms with Crippen molar-refractivity contribution in [2.45, 2.75) is 0 Å². The number of carbonyl (C=O) groups is 2. The molecule has 8 heteroatoms. The molecule has 2 rings (SSSR count). The van der Waals surface area contributed by atoms with E-state index in [0.717, 1.165) is 8.26 Å². The van der Waals surface area contributed by atoms with E-state index in [-0.39, 0.29) is 5.76 Å². The average Bonchev–Trinajstić information content (AvgIpc) is 2.97. The summed E-state index contributed by atoms with van der Waals surface area (Å²) in [4.78, 5) is 23.6. The highest BCUT2D eigenvalue weighted by molar-refractivity contribution is 9.13. The van der Waals surface area contributed by atoms with Crippen molar-refractivity contribution in [2.24, 2.45) is 0 Å². The molecule has 18 heavy (non-hydrogen) atoms. The first-order valence-corrected chi connectivity index (χ1v) is 7.07. The van der Waals surface area contributed by atoms with Crippen molar-refractivity contribution >= 4 is 55.0 Å². The minimum Gasteiger partial charge on any atom is -0.459 e. The lowest BCUT2D eigenvalue weighted by molar-refractivity contribution is 0.0833. The molecule has 0 saturated heterocycles. The first-order chi connectivity index (χ1) is 8.58. The van der Waals surface area contributed by atoms with Crippen LogP contribution in [0.5, 0.6) is 0 Å². The molecule has 0 saturated carbocycles. The smallest absolute Gasteiger partial charge is 0.305 e. The third-order valence-corrected chi connectivity index (χ3v) is 5.16. The van der Waals surface area contributed by atoms with Crippen LogP contribution in [0.15, 0.2) is 37.1 Å². The Morgan fingerprint density at radius 3 is 2.50 bits per heavy atom. The molecule has 0 aliphatic heterocycles. The van der Waals surface area contributed by atoms with Gasteiger partial charge in [-0.1, -0.05) is 0 Å². The highest BCUT2D eigenvalue weighted by atomic mass is 79.9. The Labute approximate surface area is 123 Å². The van der Waals surface area contributed by atoms with Gasteiger partial charge in [0.1, 0.15) is 0 Å². The number of furan rings is 1. The Morgan fingerprint density at radius 1 is 1.22 bits per heavy atom. The van der Waals surface area contributed by atoms with Crippen molar-refractivity contribution in [1.82, 2.24) is 10.9 Å². The second-order valence-corrected chi connectivity index (χ2v) is 6.34. The quantitative estimate of drug-likeness (QED) is 0.770. The normalized spacial score (nSPS) is 10.1. The predicted molar refractivity (Wildman–Crippen MR) is 73.4 cm³/mol. The van der Waals surface area contributed by atoms with Crippen molar-refractivity contribution in [1.29, 1.82) is 0 Å². The zero-order valence-corrected chi connectivity index (χ0v) is 12.7. The molecule has 0 aliphatic rings. The summed E-state index contributed by atoms with van der Waals surface area (Å²) in [7, 11) is 0. The summed E-state index contributed by atoms with van der Waals surface area (Å²) >= 11 is 7.82. The van der Waals surface area contributed by atoms with Gasteiger partial charge in [0.25, 0.3) is 5.91 Å². The summed E-state index contributed by atoms with van der Waals surface area (Å²) in [6.45, 7) is 0. The maximum atomic E-state index is 11.7. The minimum atomic E-state index is -0.511. The van der Waals surface area contributed by atoms with E-state index in [2.05, 4.69) is 42.7 Å². The minimum absolute atomic E-state index is 0.129. The van der Waals surface area contributed by atoms with Gasteiger partial charge in [0, 0.05) is 4.47 Å². The number of hydrazine groups is 1. The fraction of sp³-hybridized carbons (Fsp3) is 0. The van der Waals surface area contributed by atoms with Crippen LogP contribution in [0.1, 0.15) is 20.2 Å². The van der Waals surface area contributed by atoms with Crippen molar-refractivity contribution < 1.29 is 14.0 Å². The van der Waals surface area contributed by atoms with Gasteiger partial charge in [-0.05, 0) is 50.1 Å². The van der Waals surface area contributed by atoms with Gasteiger partial charge in [0.15, 0.2) is 5.76 Å². The van der Waals surface area contributed by atoms with Gasteiger partial charge >= 0.3 is 5.91 Å². The summed E-state index contributed by atoms with van der Waals surface area (Å²) in [6, 6.07) is 4.74. The molecule has 0 bridgehead atoms. The maximum absolute atomic E-state index is 11.7. The van der Waals surface area contributed by atoms with Crippen LogP contribution < -0.4 is 10.9 Å². The summed E-state index contributed by atoms with van der Waals surface area (Å²) in [6.07, 6.45) is 1.38. The van der Waals surface area contributed by atoms with Crippen molar-refractivity contribution in [3.63, 3.8) is 0 Å². The van der Waals surface area contributed by atoms with Crippen molar-refractivity contribution in [3.8, 4) is 0 Å². The third-order valence-electron chi connectivity index (χ3n) is 1.90. The fourth-order valence-electron chi connectivity index (χ4n) is 1.10. The van der Waals surface area contributed by atoms with Crippen LogP contribution in [-0.2, 0) is 0 Å². The van der Waals surface area contributed by atoms with E-state index in [1.807, 2.05) is 0 Å². The number of thiophene rings is 1. The molecule has 94 valence electrons. The molecule has 2 amide bonds. The lowest BCUT2D eigenvalue weighted by Crippen LogP contribution is -2.41. The standard InChI is InChI=1S/C10H6Br2N2O3S/c11-5-4-7(18-8(5)12)10(16)14-13-9(15)6-2-1-3-17-6/h1-4H,(H,13,15)(H,14,16). The van der Waals surface area contributed by atoms with Crippen LogP contribution in [0.2, 0.25) is 0 Å².